The van der Waals surface area contributed by atoms with E-state index in [4.69, 9.17) is 0 Å². The molecule has 0 aliphatic rings. The lowest BCUT2D eigenvalue weighted by molar-refractivity contribution is 0.530. The Balaban J connectivity index is 2.09. The average molecular weight is 224 g/mol. The lowest BCUT2D eigenvalue weighted by Crippen LogP contribution is -2.29. The molecule has 1 aromatic rings. The summed E-state index contributed by atoms with van der Waals surface area (Å²) in [7, 11) is 1.99. The minimum atomic E-state index is 0.722. The second-order valence-corrected chi connectivity index (χ2v) is 4.68. The van der Waals surface area contributed by atoms with Gasteiger partial charge in [-0.05, 0) is 25.5 Å². The van der Waals surface area contributed by atoms with E-state index in [1.807, 2.05) is 18.7 Å². The third-order valence-electron chi connectivity index (χ3n) is 2.44. The Hall–Kier alpha value is -0.870. The van der Waals surface area contributed by atoms with Crippen LogP contribution in [0.5, 0.6) is 0 Å². The van der Waals surface area contributed by atoms with Gasteiger partial charge in [0.1, 0.15) is 0 Å². The molecule has 0 radical (unpaired) electrons. The molecule has 1 heterocycles. The lowest BCUT2D eigenvalue weighted by atomic mass is 10.2. The van der Waals surface area contributed by atoms with Gasteiger partial charge in [-0.1, -0.05) is 13.8 Å². The first-order chi connectivity index (χ1) is 7.59. The number of rotatable bonds is 7. The molecule has 2 N–H and O–H groups in total. The van der Waals surface area contributed by atoms with Crippen molar-refractivity contribution in [3.05, 3.63) is 17.5 Å². The van der Waals surface area contributed by atoms with Crippen LogP contribution in [0.15, 0.2) is 6.07 Å². The summed E-state index contributed by atoms with van der Waals surface area (Å²) in [4.78, 5) is 0. The Morgan fingerprint density at radius 3 is 2.56 bits per heavy atom. The normalized spacial score (nSPS) is 11.3. The van der Waals surface area contributed by atoms with E-state index in [1.165, 1.54) is 5.69 Å². The minimum Gasteiger partial charge on any atom is -0.315 e. The number of hydrogen-bond donors (Lipinski definition) is 2. The molecule has 0 unspecified atom stereocenters. The maximum absolute atomic E-state index is 4.31. The van der Waals surface area contributed by atoms with Gasteiger partial charge in [0.05, 0.1) is 11.4 Å². The number of aromatic nitrogens is 2. The monoisotopic (exact) mass is 224 g/mol. The molecule has 0 saturated heterocycles. The molecule has 0 aromatic carbocycles. The van der Waals surface area contributed by atoms with Crippen LogP contribution in [0, 0.1) is 12.8 Å². The quantitative estimate of drug-likeness (QED) is 0.681. The number of hydrogen-bond acceptors (Lipinski definition) is 3. The van der Waals surface area contributed by atoms with Crippen molar-refractivity contribution in [2.75, 3.05) is 19.6 Å². The third kappa shape index (κ3) is 4.77. The van der Waals surface area contributed by atoms with Crippen molar-refractivity contribution in [1.82, 2.24) is 20.4 Å². The fraction of sp³-hybridized carbons (Fsp3) is 0.750. The van der Waals surface area contributed by atoms with Crippen LogP contribution in [-0.4, -0.2) is 29.4 Å². The van der Waals surface area contributed by atoms with Crippen molar-refractivity contribution in [2.45, 2.75) is 27.3 Å². The van der Waals surface area contributed by atoms with Crippen LogP contribution in [0.25, 0.3) is 0 Å². The van der Waals surface area contributed by atoms with Crippen LogP contribution >= 0.6 is 0 Å². The van der Waals surface area contributed by atoms with Gasteiger partial charge in [0.25, 0.3) is 0 Å². The number of nitrogens with one attached hydrogen (secondary N) is 2. The van der Waals surface area contributed by atoms with E-state index in [0.29, 0.717) is 0 Å². The predicted molar refractivity (Wildman–Crippen MR) is 67.4 cm³/mol. The Labute approximate surface area is 98.4 Å². The highest BCUT2D eigenvalue weighted by Crippen LogP contribution is 2.00. The van der Waals surface area contributed by atoms with Gasteiger partial charge in [-0.3, -0.25) is 4.68 Å². The maximum atomic E-state index is 4.31. The standard InChI is InChI=1S/C12H24N4/c1-10(2)8-13-5-6-14-9-12-7-11(3)15-16(12)4/h7,10,13-14H,5-6,8-9H2,1-4H3. The third-order valence-corrected chi connectivity index (χ3v) is 2.44. The second kappa shape index (κ2) is 6.66. The van der Waals surface area contributed by atoms with Crippen molar-refractivity contribution in [1.29, 1.82) is 0 Å². The van der Waals surface area contributed by atoms with E-state index in [0.717, 1.165) is 37.8 Å². The van der Waals surface area contributed by atoms with Crippen LogP contribution in [-0.2, 0) is 13.6 Å². The Morgan fingerprint density at radius 1 is 1.31 bits per heavy atom. The van der Waals surface area contributed by atoms with Gasteiger partial charge in [-0.15, -0.1) is 0 Å². The molecule has 0 aliphatic heterocycles. The summed E-state index contributed by atoms with van der Waals surface area (Å²) in [6.07, 6.45) is 0. The molecule has 0 aliphatic carbocycles. The first kappa shape index (κ1) is 13.2. The summed E-state index contributed by atoms with van der Waals surface area (Å²) in [5.41, 5.74) is 2.32. The fourth-order valence-corrected chi connectivity index (χ4v) is 1.61. The molecular weight excluding hydrogens is 200 g/mol. The van der Waals surface area contributed by atoms with Gasteiger partial charge in [-0.25, -0.2) is 0 Å². The van der Waals surface area contributed by atoms with Crippen LogP contribution in [0.4, 0.5) is 0 Å². The molecule has 1 rings (SSSR count). The summed E-state index contributed by atoms with van der Waals surface area (Å²) in [5, 5.41) is 11.1. The highest BCUT2D eigenvalue weighted by Gasteiger charge is 2.00. The molecule has 4 nitrogen and oxygen atoms in total. The molecule has 0 fully saturated rings. The summed E-state index contributed by atoms with van der Waals surface area (Å²) < 4.78 is 1.93. The van der Waals surface area contributed by atoms with Crippen molar-refractivity contribution in [3.8, 4) is 0 Å². The zero-order chi connectivity index (χ0) is 12.0. The summed E-state index contributed by atoms with van der Waals surface area (Å²) in [6, 6.07) is 2.12. The zero-order valence-electron chi connectivity index (χ0n) is 10.9. The Morgan fingerprint density at radius 2 is 2.00 bits per heavy atom. The largest absolute Gasteiger partial charge is 0.315 e. The molecule has 0 bridgehead atoms. The van der Waals surface area contributed by atoms with Gasteiger partial charge in [0.2, 0.25) is 0 Å². The molecular formula is C12H24N4. The number of aryl methyl sites for hydroxylation is 2. The van der Waals surface area contributed by atoms with Crippen LogP contribution in [0.3, 0.4) is 0 Å². The minimum absolute atomic E-state index is 0.722. The fourth-order valence-electron chi connectivity index (χ4n) is 1.61. The smallest absolute Gasteiger partial charge is 0.0597 e. The molecule has 4 heteroatoms. The molecule has 1 aromatic heterocycles. The average Bonchev–Trinajstić information content (AvgIpc) is 2.50. The van der Waals surface area contributed by atoms with E-state index in [-0.39, 0.29) is 0 Å². The van der Waals surface area contributed by atoms with Gasteiger partial charge in [0.15, 0.2) is 0 Å². The van der Waals surface area contributed by atoms with E-state index < -0.39 is 0 Å². The van der Waals surface area contributed by atoms with Crippen molar-refractivity contribution in [3.63, 3.8) is 0 Å². The topological polar surface area (TPSA) is 41.9 Å². The first-order valence-electron chi connectivity index (χ1n) is 6.00. The summed E-state index contributed by atoms with van der Waals surface area (Å²) in [5.74, 6) is 0.722. The maximum Gasteiger partial charge on any atom is 0.0597 e. The summed E-state index contributed by atoms with van der Waals surface area (Å²) >= 11 is 0. The molecule has 0 atom stereocenters. The lowest BCUT2D eigenvalue weighted by Gasteiger charge is -2.08. The van der Waals surface area contributed by atoms with E-state index in [1.54, 1.807) is 0 Å². The Kier molecular flexibility index (Phi) is 5.49. The van der Waals surface area contributed by atoms with E-state index in [9.17, 15) is 0 Å². The predicted octanol–water partition coefficient (Wildman–Crippen LogP) is 1.06. The Bertz CT molecular complexity index is 304. The zero-order valence-corrected chi connectivity index (χ0v) is 10.9. The van der Waals surface area contributed by atoms with Gasteiger partial charge in [0, 0.05) is 26.7 Å². The van der Waals surface area contributed by atoms with Gasteiger partial charge in [-0.2, -0.15) is 5.10 Å². The van der Waals surface area contributed by atoms with Crippen molar-refractivity contribution < 1.29 is 0 Å². The highest BCUT2D eigenvalue weighted by atomic mass is 15.3. The second-order valence-electron chi connectivity index (χ2n) is 4.68. The summed E-state index contributed by atoms with van der Waals surface area (Å²) in [6.45, 7) is 10.5. The van der Waals surface area contributed by atoms with Gasteiger partial charge < -0.3 is 10.6 Å². The van der Waals surface area contributed by atoms with Crippen molar-refractivity contribution >= 4 is 0 Å². The highest BCUT2D eigenvalue weighted by molar-refractivity contribution is 5.08. The van der Waals surface area contributed by atoms with E-state index >= 15 is 0 Å². The molecule has 0 spiro atoms. The van der Waals surface area contributed by atoms with Crippen LogP contribution in [0.1, 0.15) is 25.2 Å². The molecule has 0 amide bonds. The van der Waals surface area contributed by atoms with Crippen molar-refractivity contribution in [2.24, 2.45) is 13.0 Å². The molecule has 92 valence electrons. The van der Waals surface area contributed by atoms with E-state index in [2.05, 4.69) is 35.6 Å². The molecule has 0 saturated carbocycles. The van der Waals surface area contributed by atoms with Gasteiger partial charge >= 0.3 is 0 Å². The van der Waals surface area contributed by atoms with Crippen LogP contribution in [0.2, 0.25) is 0 Å². The van der Waals surface area contributed by atoms with Crippen LogP contribution < -0.4 is 10.6 Å². The first-order valence-corrected chi connectivity index (χ1v) is 6.00. The number of nitrogens with zero attached hydrogens (tertiary/aromatic N) is 2. The molecule has 16 heavy (non-hydrogen) atoms. The SMILES string of the molecule is Cc1cc(CNCCNCC(C)C)n(C)n1.